The third-order valence-corrected chi connectivity index (χ3v) is 2.52. The number of aromatic nitrogens is 3. The highest BCUT2D eigenvalue weighted by molar-refractivity contribution is 7.80. The zero-order valence-corrected chi connectivity index (χ0v) is 11.0. The van der Waals surface area contributed by atoms with Gasteiger partial charge < -0.3 is 10.5 Å². The zero-order valence-electron chi connectivity index (χ0n) is 10.2. The van der Waals surface area contributed by atoms with Crippen molar-refractivity contribution in [2.24, 2.45) is 5.73 Å². The molecule has 0 saturated heterocycles. The molecule has 5 nitrogen and oxygen atoms in total. The van der Waals surface area contributed by atoms with Crippen LogP contribution in [-0.4, -0.2) is 20.2 Å². The number of nitrogens with one attached hydrogen (secondary N) is 1. The second kappa shape index (κ2) is 5.08. The number of halogens is 3. The van der Waals surface area contributed by atoms with Crippen LogP contribution in [0.5, 0.6) is 11.8 Å². The Bertz CT molecular complexity index is 653. The van der Waals surface area contributed by atoms with Crippen LogP contribution in [0.3, 0.4) is 0 Å². The zero-order chi connectivity index (χ0) is 14.9. The van der Waals surface area contributed by atoms with Crippen molar-refractivity contribution in [2.75, 3.05) is 0 Å². The fourth-order valence-corrected chi connectivity index (χ4v) is 1.56. The third-order valence-electron chi connectivity index (χ3n) is 2.30. The van der Waals surface area contributed by atoms with Gasteiger partial charge in [-0.2, -0.15) is 13.2 Å². The summed E-state index contributed by atoms with van der Waals surface area (Å²) in [6, 6.07) is 3.41. The molecule has 0 aliphatic heterocycles. The molecule has 0 aliphatic rings. The summed E-state index contributed by atoms with van der Waals surface area (Å²) in [6.07, 6.45) is -4.59. The van der Waals surface area contributed by atoms with E-state index in [2.05, 4.69) is 15.2 Å². The number of rotatable bonds is 3. The maximum Gasteiger partial charge on any atom is 0.433 e. The van der Waals surface area contributed by atoms with Gasteiger partial charge in [0.2, 0.25) is 11.8 Å². The van der Waals surface area contributed by atoms with Crippen molar-refractivity contribution in [3.63, 3.8) is 0 Å². The summed E-state index contributed by atoms with van der Waals surface area (Å²) in [7, 11) is 0. The molecule has 0 spiro atoms. The summed E-state index contributed by atoms with van der Waals surface area (Å²) in [5, 5.41) is 6.34. The second-order valence-electron chi connectivity index (χ2n) is 3.90. The van der Waals surface area contributed by atoms with Crippen LogP contribution in [0.1, 0.15) is 17.0 Å². The molecule has 2 aromatic heterocycles. The first-order chi connectivity index (χ1) is 9.27. The number of thiocarbonyl (C=S) groups is 1. The van der Waals surface area contributed by atoms with Crippen molar-refractivity contribution in [1.82, 2.24) is 15.2 Å². The lowest BCUT2D eigenvalue weighted by atomic mass is 10.2. The molecule has 0 amide bonds. The smallest absolute Gasteiger partial charge is 0.418 e. The van der Waals surface area contributed by atoms with E-state index in [9.17, 15) is 13.2 Å². The van der Waals surface area contributed by atoms with Crippen LogP contribution in [0.25, 0.3) is 0 Å². The van der Waals surface area contributed by atoms with Crippen LogP contribution < -0.4 is 10.5 Å². The summed E-state index contributed by atoms with van der Waals surface area (Å²) >= 11 is 4.76. The fraction of sp³-hybridized carbons (Fsp3) is 0.182. The molecule has 0 saturated carbocycles. The number of hydrogen-bond acceptors (Lipinski definition) is 4. The highest BCUT2D eigenvalue weighted by Gasteiger charge is 2.33. The molecule has 20 heavy (non-hydrogen) atoms. The summed E-state index contributed by atoms with van der Waals surface area (Å²) in [6.45, 7) is 1.72. The van der Waals surface area contributed by atoms with Gasteiger partial charge in [-0.05, 0) is 19.1 Å². The van der Waals surface area contributed by atoms with Crippen LogP contribution in [0.4, 0.5) is 13.2 Å². The first kappa shape index (κ1) is 14.3. The standard InChI is InChI=1S/C11H9F3N4OS/c1-5-4-8(18-17-5)19-10-6(9(15)20)2-3-7(16-10)11(12,13)14/h2-4H,1H3,(H2,15,20)(H,17,18). The van der Waals surface area contributed by atoms with Crippen molar-refractivity contribution in [1.29, 1.82) is 0 Å². The van der Waals surface area contributed by atoms with Crippen molar-refractivity contribution in [3.8, 4) is 11.8 Å². The predicted molar refractivity (Wildman–Crippen MR) is 68.5 cm³/mol. The Hall–Kier alpha value is -2.16. The van der Waals surface area contributed by atoms with Gasteiger partial charge in [-0.3, -0.25) is 5.10 Å². The molecule has 0 bridgehead atoms. The van der Waals surface area contributed by atoms with E-state index in [1.807, 2.05) is 0 Å². The number of hydrogen-bond donors (Lipinski definition) is 2. The fourth-order valence-electron chi connectivity index (χ4n) is 1.41. The van der Waals surface area contributed by atoms with Crippen LogP contribution >= 0.6 is 12.2 Å². The van der Waals surface area contributed by atoms with E-state index in [-0.39, 0.29) is 22.3 Å². The molecule has 2 rings (SSSR count). The van der Waals surface area contributed by atoms with Crippen molar-refractivity contribution >= 4 is 17.2 Å². The van der Waals surface area contributed by atoms with Gasteiger partial charge in [0.05, 0.1) is 5.56 Å². The summed E-state index contributed by atoms with van der Waals surface area (Å²) < 4.78 is 43.1. The number of nitrogens with two attached hydrogens (primary N) is 1. The molecule has 2 heterocycles. The maximum absolute atomic E-state index is 12.6. The minimum Gasteiger partial charge on any atom is -0.418 e. The molecule has 0 radical (unpaired) electrons. The van der Waals surface area contributed by atoms with E-state index in [4.69, 9.17) is 22.7 Å². The van der Waals surface area contributed by atoms with Gasteiger partial charge in [0, 0.05) is 11.8 Å². The summed E-state index contributed by atoms with van der Waals surface area (Å²) in [4.78, 5) is 3.28. The number of nitrogens with zero attached hydrogens (tertiary/aromatic N) is 2. The maximum atomic E-state index is 12.6. The summed E-state index contributed by atoms with van der Waals surface area (Å²) in [5.41, 5.74) is 5.13. The van der Waals surface area contributed by atoms with Gasteiger partial charge >= 0.3 is 6.18 Å². The monoisotopic (exact) mass is 302 g/mol. The van der Waals surface area contributed by atoms with Crippen LogP contribution in [0.15, 0.2) is 18.2 Å². The molecule has 9 heteroatoms. The van der Waals surface area contributed by atoms with Crippen molar-refractivity contribution in [3.05, 3.63) is 35.2 Å². The normalized spacial score (nSPS) is 11.4. The van der Waals surface area contributed by atoms with Crippen LogP contribution in [0.2, 0.25) is 0 Å². The molecular weight excluding hydrogens is 293 g/mol. The van der Waals surface area contributed by atoms with E-state index in [0.717, 1.165) is 12.1 Å². The summed E-state index contributed by atoms with van der Waals surface area (Å²) in [5.74, 6) is -0.259. The third kappa shape index (κ3) is 3.05. The Balaban J connectivity index is 2.44. The average Bonchev–Trinajstić information content (AvgIpc) is 2.73. The van der Waals surface area contributed by atoms with E-state index in [1.54, 1.807) is 6.92 Å². The van der Waals surface area contributed by atoms with E-state index in [0.29, 0.717) is 5.69 Å². The highest BCUT2D eigenvalue weighted by Crippen LogP contribution is 2.31. The minimum atomic E-state index is -4.59. The number of aromatic amines is 1. The first-order valence-electron chi connectivity index (χ1n) is 5.35. The quantitative estimate of drug-likeness (QED) is 0.852. The molecule has 3 N–H and O–H groups in total. The lowest BCUT2D eigenvalue weighted by Crippen LogP contribution is -2.15. The molecule has 2 aromatic rings. The average molecular weight is 302 g/mol. The Morgan fingerprint density at radius 1 is 1.40 bits per heavy atom. The van der Waals surface area contributed by atoms with Gasteiger partial charge in [-0.15, -0.1) is 5.10 Å². The van der Waals surface area contributed by atoms with Gasteiger partial charge in [0.15, 0.2) is 0 Å². The van der Waals surface area contributed by atoms with Crippen molar-refractivity contribution < 1.29 is 17.9 Å². The number of pyridine rings is 1. The molecule has 0 atom stereocenters. The van der Waals surface area contributed by atoms with Gasteiger partial charge in [-0.1, -0.05) is 12.2 Å². The van der Waals surface area contributed by atoms with Crippen LogP contribution in [-0.2, 0) is 6.18 Å². The van der Waals surface area contributed by atoms with Gasteiger partial charge in [0.25, 0.3) is 0 Å². The Kier molecular flexibility index (Phi) is 3.62. The second-order valence-corrected chi connectivity index (χ2v) is 4.34. The van der Waals surface area contributed by atoms with E-state index < -0.39 is 11.9 Å². The predicted octanol–water partition coefficient (Wildman–Crippen LogP) is 2.56. The minimum absolute atomic E-state index is 0.0758. The largest absolute Gasteiger partial charge is 0.433 e. The number of ether oxygens (including phenoxy) is 1. The number of aryl methyl sites for hydroxylation is 1. The van der Waals surface area contributed by atoms with Gasteiger partial charge in [0.1, 0.15) is 10.7 Å². The number of H-pyrrole nitrogens is 1. The lowest BCUT2D eigenvalue weighted by Gasteiger charge is -2.11. The highest BCUT2D eigenvalue weighted by atomic mass is 32.1. The first-order valence-corrected chi connectivity index (χ1v) is 5.76. The topological polar surface area (TPSA) is 76.8 Å². The van der Waals surface area contributed by atoms with E-state index >= 15 is 0 Å². The molecule has 0 unspecified atom stereocenters. The molecular formula is C11H9F3N4OS. The molecule has 106 valence electrons. The Morgan fingerprint density at radius 2 is 2.10 bits per heavy atom. The van der Waals surface area contributed by atoms with Crippen molar-refractivity contribution in [2.45, 2.75) is 13.1 Å². The molecule has 0 aromatic carbocycles. The van der Waals surface area contributed by atoms with Crippen LogP contribution in [0, 0.1) is 6.92 Å². The van der Waals surface area contributed by atoms with Gasteiger partial charge in [-0.25, -0.2) is 4.98 Å². The Morgan fingerprint density at radius 3 is 2.60 bits per heavy atom. The lowest BCUT2D eigenvalue weighted by molar-refractivity contribution is -0.141. The molecule has 0 fully saturated rings. The SMILES string of the molecule is Cc1cc(Oc2nc(C(F)(F)F)ccc2C(N)=S)n[nH]1. The molecule has 0 aliphatic carbocycles. The Labute approximate surface area is 117 Å². The number of alkyl halides is 3. The van der Waals surface area contributed by atoms with E-state index in [1.165, 1.54) is 6.07 Å².